The van der Waals surface area contributed by atoms with Crippen molar-refractivity contribution in [3.05, 3.63) is 84.3 Å². The molecule has 0 saturated heterocycles. The average molecular weight is 443 g/mol. The summed E-state index contributed by atoms with van der Waals surface area (Å²) in [6, 6.07) is 18.7. The van der Waals surface area contributed by atoms with Gasteiger partial charge in [-0.25, -0.2) is 9.97 Å². The molecule has 4 rings (SSSR count). The normalized spacial score (nSPS) is 10.8. The van der Waals surface area contributed by atoms with Crippen molar-refractivity contribution < 1.29 is 14.3 Å². The third-order valence-corrected chi connectivity index (χ3v) is 5.23. The molecule has 0 aliphatic rings. The van der Waals surface area contributed by atoms with E-state index in [9.17, 15) is 9.59 Å². The van der Waals surface area contributed by atoms with Crippen LogP contribution >= 0.6 is 0 Å². The van der Waals surface area contributed by atoms with Crippen molar-refractivity contribution in [2.75, 3.05) is 6.61 Å². The van der Waals surface area contributed by atoms with Crippen molar-refractivity contribution in [2.45, 2.75) is 32.7 Å². The summed E-state index contributed by atoms with van der Waals surface area (Å²) < 4.78 is 7.45. The van der Waals surface area contributed by atoms with Crippen molar-refractivity contribution in [2.24, 2.45) is 0 Å². The Hall–Kier alpha value is -4.00. The Bertz CT molecular complexity index is 1230. The summed E-state index contributed by atoms with van der Waals surface area (Å²) in [5.41, 5.74) is 3.36. The molecule has 0 bridgehead atoms. The molecule has 4 aromatic rings. The summed E-state index contributed by atoms with van der Waals surface area (Å²) in [6.07, 6.45) is 4.71. The number of benzene rings is 2. The molecule has 0 spiro atoms. The lowest BCUT2D eigenvalue weighted by molar-refractivity contribution is -0.121. The highest BCUT2D eigenvalue weighted by atomic mass is 16.5. The van der Waals surface area contributed by atoms with Gasteiger partial charge in [0.25, 0.3) is 0 Å². The maximum absolute atomic E-state index is 12.4. The summed E-state index contributed by atoms with van der Waals surface area (Å²) in [4.78, 5) is 33.4. The molecule has 7 heteroatoms. The van der Waals surface area contributed by atoms with Gasteiger partial charge in [0.1, 0.15) is 17.9 Å². The molecular weight excluding hydrogens is 416 g/mol. The predicted molar refractivity (Wildman–Crippen MR) is 127 cm³/mol. The minimum Gasteiger partial charge on any atom is -0.494 e. The van der Waals surface area contributed by atoms with Crippen LogP contribution in [0.5, 0.6) is 5.75 Å². The van der Waals surface area contributed by atoms with Gasteiger partial charge in [0.15, 0.2) is 5.78 Å². The van der Waals surface area contributed by atoms with Crippen LogP contribution in [-0.4, -0.2) is 32.8 Å². The highest BCUT2D eigenvalue weighted by Crippen LogP contribution is 2.17. The molecule has 0 fully saturated rings. The fourth-order valence-corrected chi connectivity index (χ4v) is 3.42. The Morgan fingerprint density at radius 2 is 1.79 bits per heavy atom. The van der Waals surface area contributed by atoms with E-state index in [2.05, 4.69) is 15.3 Å². The number of amides is 1. The Labute approximate surface area is 192 Å². The van der Waals surface area contributed by atoms with Crippen LogP contribution in [0.4, 0.5) is 0 Å². The van der Waals surface area contributed by atoms with Crippen molar-refractivity contribution >= 4 is 22.7 Å². The van der Waals surface area contributed by atoms with Crippen LogP contribution in [0.15, 0.2) is 73.2 Å². The monoisotopic (exact) mass is 442 g/mol. The first kappa shape index (κ1) is 22.2. The molecule has 0 saturated carbocycles. The number of nitrogens with one attached hydrogen (secondary N) is 1. The zero-order chi connectivity index (χ0) is 23.0. The number of aromatic nitrogens is 3. The first-order valence-electron chi connectivity index (χ1n) is 11.0. The summed E-state index contributed by atoms with van der Waals surface area (Å²) in [5.74, 6) is 1.27. The van der Waals surface area contributed by atoms with Gasteiger partial charge in [-0.05, 0) is 54.4 Å². The summed E-state index contributed by atoms with van der Waals surface area (Å²) >= 11 is 0. The van der Waals surface area contributed by atoms with Gasteiger partial charge in [0.05, 0.1) is 17.6 Å². The lowest BCUT2D eigenvalue weighted by atomic mass is 10.1. The molecule has 1 N–H and O–H groups in total. The number of hydrogen-bond acceptors (Lipinski definition) is 5. The highest BCUT2D eigenvalue weighted by Gasteiger charge is 2.10. The van der Waals surface area contributed by atoms with Gasteiger partial charge in [0, 0.05) is 31.1 Å². The molecule has 2 heterocycles. The number of nitrogens with zero attached hydrogens (tertiary/aromatic N) is 3. The molecule has 1 amide bonds. The van der Waals surface area contributed by atoms with Gasteiger partial charge in [-0.3, -0.25) is 14.2 Å². The van der Waals surface area contributed by atoms with Crippen LogP contribution in [-0.2, 0) is 11.3 Å². The van der Waals surface area contributed by atoms with Crippen molar-refractivity contribution in [1.29, 1.82) is 0 Å². The fraction of sp³-hybridized carbons (Fsp3) is 0.231. The smallest absolute Gasteiger partial charge is 0.220 e. The lowest BCUT2D eigenvalue weighted by Crippen LogP contribution is -2.23. The molecule has 0 aliphatic heterocycles. The van der Waals surface area contributed by atoms with E-state index in [0.717, 1.165) is 34.6 Å². The second kappa shape index (κ2) is 10.5. The summed E-state index contributed by atoms with van der Waals surface area (Å²) in [7, 11) is 0. The van der Waals surface area contributed by atoms with Gasteiger partial charge < -0.3 is 10.1 Å². The Balaban J connectivity index is 1.25. The zero-order valence-electron chi connectivity index (χ0n) is 18.5. The molecule has 2 aromatic carbocycles. The number of carbonyl (C=O) groups excluding carboxylic acids is 2. The van der Waals surface area contributed by atoms with E-state index >= 15 is 0 Å². The lowest BCUT2D eigenvalue weighted by Gasteiger charge is -2.08. The molecule has 33 heavy (non-hydrogen) atoms. The van der Waals surface area contributed by atoms with Crippen LogP contribution in [0.25, 0.3) is 16.9 Å². The van der Waals surface area contributed by atoms with Crippen LogP contribution in [0, 0.1) is 0 Å². The number of para-hydroxylation sites is 2. The Morgan fingerprint density at radius 1 is 0.970 bits per heavy atom. The third kappa shape index (κ3) is 5.63. The number of pyridine rings is 1. The standard InChI is InChI=1S/C26H26N4O3/c1-2-15-33-21-10-8-20(9-11-21)24(31)12-14-26(32)28-17-19-7-13-25(27-16-19)30-18-29-22-5-3-4-6-23(22)30/h3-11,13,16,18H,2,12,14-15,17H2,1H3,(H,28,32). The first-order valence-corrected chi connectivity index (χ1v) is 11.0. The zero-order valence-corrected chi connectivity index (χ0v) is 18.5. The molecule has 0 unspecified atom stereocenters. The fourth-order valence-electron chi connectivity index (χ4n) is 3.42. The minimum absolute atomic E-state index is 0.0641. The molecule has 0 radical (unpaired) electrons. The summed E-state index contributed by atoms with van der Waals surface area (Å²) in [5, 5.41) is 2.85. The second-order valence-corrected chi connectivity index (χ2v) is 7.70. The SMILES string of the molecule is CCCOc1ccc(C(=O)CCC(=O)NCc2ccc(-n3cnc4ccccc43)nc2)cc1. The third-order valence-electron chi connectivity index (χ3n) is 5.23. The second-order valence-electron chi connectivity index (χ2n) is 7.70. The molecule has 168 valence electrons. The molecule has 0 aliphatic carbocycles. The van der Waals surface area contributed by atoms with Crippen LogP contribution in [0.1, 0.15) is 42.1 Å². The van der Waals surface area contributed by atoms with Crippen LogP contribution < -0.4 is 10.1 Å². The number of imidazole rings is 1. The molecule has 2 aromatic heterocycles. The van der Waals surface area contributed by atoms with E-state index in [1.165, 1.54) is 0 Å². The molecular formula is C26H26N4O3. The average Bonchev–Trinajstić information content (AvgIpc) is 3.29. The van der Waals surface area contributed by atoms with Crippen molar-refractivity contribution in [1.82, 2.24) is 19.9 Å². The largest absolute Gasteiger partial charge is 0.494 e. The number of fused-ring (bicyclic) bond motifs is 1. The number of hydrogen-bond donors (Lipinski definition) is 1. The van der Waals surface area contributed by atoms with Gasteiger partial charge in [-0.1, -0.05) is 25.1 Å². The predicted octanol–water partition coefficient (Wildman–Crippen LogP) is 4.49. The van der Waals surface area contributed by atoms with Gasteiger partial charge in [-0.15, -0.1) is 0 Å². The number of Topliss-reactive ketones (excluding diaryl/α,β-unsaturated/α-hetero) is 1. The molecule has 0 atom stereocenters. The maximum atomic E-state index is 12.4. The Morgan fingerprint density at radius 3 is 2.55 bits per heavy atom. The van der Waals surface area contributed by atoms with E-state index in [-0.39, 0.29) is 24.5 Å². The maximum Gasteiger partial charge on any atom is 0.220 e. The highest BCUT2D eigenvalue weighted by molar-refractivity contribution is 5.98. The van der Waals surface area contributed by atoms with Crippen molar-refractivity contribution in [3.63, 3.8) is 0 Å². The minimum atomic E-state index is -0.170. The van der Waals surface area contributed by atoms with Gasteiger partial charge in [0.2, 0.25) is 5.91 Å². The van der Waals surface area contributed by atoms with E-state index in [4.69, 9.17) is 4.74 Å². The van der Waals surface area contributed by atoms with Crippen LogP contribution in [0.2, 0.25) is 0 Å². The first-order chi connectivity index (χ1) is 16.1. The van der Waals surface area contributed by atoms with Gasteiger partial charge >= 0.3 is 0 Å². The Kier molecular flexibility index (Phi) is 7.09. The van der Waals surface area contributed by atoms with Gasteiger partial charge in [-0.2, -0.15) is 0 Å². The van der Waals surface area contributed by atoms with Crippen molar-refractivity contribution in [3.8, 4) is 11.6 Å². The summed E-state index contributed by atoms with van der Waals surface area (Å²) in [6.45, 7) is 3.04. The quantitative estimate of drug-likeness (QED) is 0.366. The number of rotatable bonds is 10. The molecule has 7 nitrogen and oxygen atoms in total. The number of ketones is 1. The van der Waals surface area contributed by atoms with E-state index < -0.39 is 0 Å². The number of ether oxygens (including phenoxy) is 1. The van der Waals surface area contributed by atoms with E-state index in [1.807, 2.05) is 47.9 Å². The topological polar surface area (TPSA) is 86.1 Å². The number of carbonyl (C=O) groups is 2. The van der Waals surface area contributed by atoms with E-state index in [0.29, 0.717) is 18.7 Å². The van der Waals surface area contributed by atoms with Crippen LogP contribution in [0.3, 0.4) is 0 Å². The van der Waals surface area contributed by atoms with E-state index in [1.54, 1.807) is 36.8 Å².